The zero-order valence-corrected chi connectivity index (χ0v) is 23.0. The van der Waals surface area contributed by atoms with Crippen LogP contribution in [0.2, 0.25) is 0 Å². The average Bonchev–Trinajstić information content (AvgIpc) is 3.55. The number of nitrogens with one attached hydrogen (secondary N) is 1. The summed E-state index contributed by atoms with van der Waals surface area (Å²) in [5.41, 5.74) is 8.89. The summed E-state index contributed by atoms with van der Waals surface area (Å²) < 4.78 is 18.0. The first-order chi connectivity index (χ1) is 19.0. The van der Waals surface area contributed by atoms with Crippen molar-refractivity contribution in [3.05, 3.63) is 65.0 Å². The van der Waals surface area contributed by atoms with E-state index in [1.807, 2.05) is 54.8 Å². The van der Waals surface area contributed by atoms with Gasteiger partial charge in [0.1, 0.15) is 29.8 Å². The van der Waals surface area contributed by atoms with Gasteiger partial charge in [-0.25, -0.2) is 4.79 Å². The minimum absolute atomic E-state index is 0.142. The Morgan fingerprint density at radius 1 is 1.15 bits per heavy atom. The van der Waals surface area contributed by atoms with Crippen molar-refractivity contribution in [3.63, 3.8) is 0 Å². The fourth-order valence-electron chi connectivity index (χ4n) is 4.26. The molecule has 1 aliphatic heterocycles. The Hall–Kier alpha value is -4.03. The average molecular weight is 566 g/mol. The molecule has 1 unspecified atom stereocenters. The zero-order chi connectivity index (χ0) is 27.4. The van der Waals surface area contributed by atoms with E-state index in [0.717, 1.165) is 11.1 Å². The maximum Gasteiger partial charge on any atom is 0.341 e. The molecule has 2 aromatic carbocycles. The summed E-state index contributed by atoms with van der Waals surface area (Å²) in [7, 11) is 1.31. The third kappa shape index (κ3) is 5.57. The highest BCUT2D eigenvalue weighted by Gasteiger charge is 2.29. The number of methoxy groups -OCH3 is 1. The van der Waals surface area contributed by atoms with E-state index in [9.17, 15) is 9.59 Å². The van der Waals surface area contributed by atoms with Crippen molar-refractivity contribution < 1.29 is 23.8 Å². The monoisotopic (exact) mass is 565 g/mol. The smallest absolute Gasteiger partial charge is 0.341 e. The number of benzene rings is 2. The predicted molar refractivity (Wildman–Crippen MR) is 150 cm³/mol. The van der Waals surface area contributed by atoms with E-state index >= 15 is 0 Å². The van der Waals surface area contributed by atoms with Gasteiger partial charge >= 0.3 is 5.97 Å². The van der Waals surface area contributed by atoms with E-state index in [-0.39, 0.29) is 17.4 Å². The molecule has 0 saturated heterocycles. The lowest BCUT2D eigenvalue weighted by Crippen LogP contribution is -2.27. The second kappa shape index (κ2) is 11.8. The summed E-state index contributed by atoms with van der Waals surface area (Å²) >= 11 is 2.69. The van der Waals surface area contributed by atoms with Crippen LogP contribution in [0, 0.1) is 0 Å². The van der Waals surface area contributed by atoms with Crippen LogP contribution in [0.5, 0.6) is 11.5 Å². The first-order valence-electron chi connectivity index (χ1n) is 12.3. The molecule has 0 saturated carbocycles. The standard InChI is InChI=1S/C27H27N5O5S2/c1-3-19(32-26(28)30-31-27(32)39-14-16-7-5-4-6-8-16)23(33)29-24-22(25(34)35-2)18(15-38-24)17-9-10-20-21(13-17)37-12-11-36-20/h4-10,13,15,19H,3,11-12,14H2,1-2H3,(H2,28,30)(H,29,33). The summed E-state index contributed by atoms with van der Waals surface area (Å²) in [6, 6.07) is 14.7. The van der Waals surface area contributed by atoms with E-state index in [1.54, 1.807) is 10.6 Å². The van der Waals surface area contributed by atoms with Gasteiger partial charge in [-0.15, -0.1) is 21.5 Å². The molecule has 4 aromatic rings. The van der Waals surface area contributed by atoms with E-state index in [1.165, 1.54) is 30.2 Å². The summed E-state index contributed by atoms with van der Waals surface area (Å²) in [4.78, 5) is 26.5. The van der Waals surface area contributed by atoms with Crippen LogP contribution in [0.1, 0.15) is 35.3 Å². The fraction of sp³-hybridized carbons (Fsp3) is 0.259. The number of amides is 1. The van der Waals surface area contributed by atoms with Gasteiger partial charge in [-0.3, -0.25) is 9.36 Å². The van der Waals surface area contributed by atoms with Gasteiger partial charge in [0.05, 0.1) is 7.11 Å². The third-order valence-corrected chi connectivity index (χ3v) is 8.08. The van der Waals surface area contributed by atoms with Crippen molar-refractivity contribution in [1.29, 1.82) is 0 Å². The maximum atomic E-state index is 13.6. The first kappa shape index (κ1) is 26.6. The Balaban J connectivity index is 1.41. The van der Waals surface area contributed by atoms with Crippen LogP contribution in [0.25, 0.3) is 11.1 Å². The summed E-state index contributed by atoms with van der Waals surface area (Å²) in [5.74, 6) is 1.13. The number of anilines is 2. The van der Waals surface area contributed by atoms with Crippen molar-refractivity contribution >= 4 is 45.9 Å². The molecular weight excluding hydrogens is 538 g/mol. The lowest BCUT2D eigenvalue weighted by molar-refractivity contribution is -0.119. The molecular formula is C27H27N5O5S2. The molecule has 0 radical (unpaired) electrons. The molecule has 2 aromatic heterocycles. The van der Waals surface area contributed by atoms with Crippen molar-refractivity contribution in [1.82, 2.24) is 14.8 Å². The maximum absolute atomic E-state index is 13.6. The molecule has 0 aliphatic carbocycles. The number of aromatic nitrogens is 3. The molecule has 0 spiro atoms. The van der Waals surface area contributed by atoms with Crippen LogP contribution >= 0.6 is 23.1 Å². The fourth-order valence-corrected chi connectivity index (χ4v) is 6.17. The number of esters is 1. The Kier molecular flexibility index (Phi) is 8.03. The topological polar surface area (TPSA) is 131 Å². The number of nitrogens with zero attached hydrogens (tertiary/aromatic N) is 3. The molecule has 12 heteroatoms. The van der Waals surface area contributed by atoms with Gasteiger partial charge < -0.3 is 25.3 Å². The van der Waals surface area contributed by atoms with Gasteiger partial charge in [0.25, 0.3) is 0 Å². The molecule has 202 valence electrons. The van der Waals surface area contributed by atoms with E-state index < -0.39 is 12.0 Å². The third-order valence-electron chi connectivity index (χ3n) is 6.17. The molecule has 1 amide bonds. The number of carbonyl (C=O) groups excluding carboxylic acids is 2. The number of nitrogens with two attached hydrogens (primary N) is 1. The van der Waals surface area contributed by atoms with Crippen molar-refractivity contribution in [2.75, 3.05) is 31.4 Å². The molecule has 0 fully saturated rings. The van der Waals surface area contributed by atoms with Gasteiger partial charge in [-0.05, 0) is 29.7 Å². The second-order valence-electron chi connectivity index (χ2n) is 8.60. The van der Waals surface area contributed by atoms with Gasteiger partial charge in [-0.2, -0.15) is 0 Å². The van der Waals surface area contributed by atoms with E-state index in [0.29, 0.717) is 52.6 Å². The zero-order valence-electron chi connectivity index (χ0n) is 21.4. The van der Waals surface area contributed by atoms with Crippen molar-refractivity contribution in [2.45, 2.75) is 30.3 Å². The highest BCUT2D eigenvalue weighted by atomic mass is 32.2. The Labute approximate surface area is 233 Å². The summed E-state index contributed by atoms with van der Waals surface area (Å²) in [6.07, 6.45) is 0.431. The molecule has 3 N–H and O–H groups in total. The number of thioether (sulfide) groups is 1. The number of hydrogen-bond donors (Lipinski definition) is 2. The second-order valence-corrected chi connectivity index (χ2v) is 10.4. The molecule has 3 heterocycles. The summed E-state index contributed by atoms with van der Waals surface area (Å²) in [5, 5.41) is 13.9. The molecule has 0 bridgehead atoms. The van der Waals surface area contributed by atoms with E-state index in [2.05, 4.69) is 15.5 Å². The van der Waals surface area contributed by atoms with Crippen LogP contribution in [-0.2, 0) is 15.3 Å². The summed E-state index contributed by atoms with van der Waals surface area (Å²) in [6.45, 7) is 2.81. The SMILES string of the molecule is CCC(C(=O)Nc1scc(-c2ccc3c(c2)OCCO3)c1C(=O)OC)n1c(N)nnc1SCc1ccccc1. The minimum Gasteiger partial charge on any atom is -0.486 e. The van der Waals surface area contributed by atoms with Gasteiger partial charge in [-0.1, -0.05) is 55.1 Å². The van der Waals surface area contributed by atoms with E-state index in [4.69, 9.17) is 19.9 Å². The molecule has 10 nitrogen and oxygen atoms in total. The lowest BCUT2D eigenvalue weighted by Gasteiger charge is -2.19. The molecule has 39 heavy (non-hydrogen) atoms. The van der Waals surface area contributed by atoms with Gasteiger partial charge in [0.2, 0.25) is 11.9 Å². The van der Waals surface area contributed by atoms with Crippen LogP contribution < -0.4 is 20.5 Å². The largest absolute Gasteiger partial charge is 0.486 e. The molecule has 1 aliphatic rings. The highest BCUT2D eigenvalue weighted by Crippen LogP contribution is 2.41. The van der Waals surface area contributed by atoms with Crippen molar-refractivity contribution in [2.24, 2.45) is 0 Å². The van der Waals surface area contributed by atoms with Gasteiger partial charge in [0.15, 0.2) is 16.7 Å². The Morgan fingerprint density at radius 2 is 1.92 bits per heavy atom. The first-order valence-corrected chi connectivity index (χ1v) is 14.1. The van der Waals surface area contributed by atoms with Crippen LogP contribution in [0.15, 0.2) is 59.1 Å². The molecule has 5 rings (SSSR count). The van der Waals surface area contributed by atoms with Crippen molar-refractivity contribution in [3.8, 4) is 22.6 Å². The minimum atomic E-state index is -0.691. The molecule has 1 atom stereocenters. The normalized spacial score (nSPS) is 13.1. The number of thiophene rings is 1. The predicted octanol–water partition coefficient (Wildman–Crippen LogP) is 5.03. The number of ether oxygens (including phenoxy) is 3. The highest BCUT2D eigenvalue weighted by molar-refractivity contribution is 7.98. The van der Waals surface area contributed by atoms with Crippen LogP contribution in [-0.4, -0.2) is 47.0 Å². The Bertz CT molecular complexity index is 1490. The van der Waals surface area contributed by atoms with Gasteiger partial charge in [0, 0.05) is 16.7 Å². The number of fused-ring (bicyclic) bond motifs is 1. The number of hydrogen-bond acceptors (Lipinski definition) is 10. The number of rotatable bonds is 9. The number of carbonyl (C=O) groups is 2. The quantitative estimate of drug-likeness (QED) is 0.212. The Morgan fingerprint density at radius 3 is 2.67 bits per heavy atom. The lowest BCUT2D eigenvalue weighted by atomic mass is 10.0. The number of nitrogen functional groups attached to an aromatic ring is 1. The van der Waals surface area contributed by atoms with Crippen LogP contribution in [0.3, 0.4) is 0 Å². The van der Waals surface area contributed by atoms with Crippen LogP contribution in [0.4, 0.5) is 10.9 Å².